The van der Waals surface area contributed by atoms with Crippen LogP contribution in [0.3, 0.4) is 0 Å². The third-order valence-corrected chi connectivity index (χ3v) is 3.99. The van der Waals surface area contributed by atoms with Gasteiger partial charge in [-0.05, 0) is 46.1 Å². The van der Waals surface area contributed by atoms with Crippen molar-refractivity contribution in [2.75, 3.05) is 5.73 Å². The first kappa shape index (κ1) is 12.3. The quantitative estimate of drug-likeness (QED) is 0.721. The number of rotatable bonds is 3. The van der Waals surface area contributed by atoms with Crippen molar-refractivity contribution >= 4 is 32.5 Å². The number of nitrogens with zero attached hydrogens (tertiary/aromatic N) is 1. The van der Waals surface area contributed by atoms with Crippen molar-refractivity contribution in [3.05, 3.63) is 64.8 Å². The fraction of sp³-hybridized carbons (Fsp3) is 0.125. The predicted molar refractivity (Wildman–Crippen MR) is 84.2 cm³/mol. The fourth-order valence-electron chi connectivity index (χ4n) is 2.32. The largest absolute Gasteiger partial charge is 0.399 e. The Labute approximate surface area is 121 Å². The van der Waals surface area contributed by atoms with Gasteiger partial charge < -0.3 is 10.3 Å². The molecule has 0 saturated heterocycles. The van der Waals surface area contributed by atoms with Gasteiger partial charge in [-0.3, -0.25) is 0 Å². The minimum atomic E-state index is 0.818. The minimum absolute atomic E-state index is 0.818. The summed E-state index contributed by atoms with van der Waals surface area (Å²) < 4.78 is 3.44. The SMILES string of the molecule is Nc1ccc(CCn2cc(Br)c3ccccc32)cc1. The van der Waals surface area contributed by atoms with Crippen molar-refractivity contribution in [1.82, 2.24) is 4.57 Å². The Morgan fingerprint density at radius 1 is 1.00 bits per heavy atom. The van der Waals surface area contributed by atoms with Crippen LogP contribution >= 0.6 is 15.9 Å². The molecule has 2 aromatic carbocycles. The Bertz CT molecular complexity index is 698. The number of aromatic nitrogens is 1. The molecule has 2 nitrogen and oxygen atoms in total. The molecule has 3 heteroatoms. The smallest absolute Gasteiger partial charge is 0.0492 e. The lowest BCUT2D eigenvalue weighted by Gasteiger charge is -2.06. The summed E-state index contributed by atoms with van der Waals surface area (Å²) in [5.41, 5.74) is 9.09. The van der Waals surface area contributed by atoms with Crippen molar-refractivity contribution in [3.63, 3.8) is 0 Å². The molecule has 2 N–H and O–H groups in total. The van der Waals surface area contributed by atoms with Gasteiger partial charge in [0.15, 0.2) is 0 Å². The van der Waals surface area contributed by atoms with Gasteiger partial charge in [0.1, 0.15) is 0 Å². The van der Waals surface area contributed by atoms with Gasteiger partial charge in [0.25, 0.3) is 0 Å². The van der Waals surface area contributed by atoms with Gasteiger partial charge in [-0.1, -0.05) is 30.3 Å². The number of anilines is 1. The van der Waals surface area contributed by atoms with Crippen LogP contribution < -0.4 is 5.73 Å². The number of halogens is 1. The molecule has 0 bridgehead atoms. The Hall–Kier alpha value is -1.74. The summed E-state index contributed by atoms with van der Waals surface area (Å²) in [4.78, 5) is 0. The average molecular weight is 315 g/mol. The second-order valence-corrected chi connectivity index (χ2v) is 5.53. The third-order valence-electron chi connectivity index (χ3n) is 3.36. The topological polar surface area (TPSA) is 30.9 Å². The summed E-state index contributed by atoms with van der Waals surface area (Å²) >= 11 is 3.62. The van der Waals surface area contributed by atoms with Gasteiger partial charge in [0.2, 0.25) is 0 Å². The number of benzene rings is 2. The highest BCUT2D eigenvalue weighted by molar-refractivity contribution is 9.10. The van der Waals surface area contributed by atoms with Crippen LogP contribution in [0, 0.1) is 0 Å². The maximum absolute atomic E-state index is 5.70. The van der Waals surface area contributed by atoms with Crippen molar-refractivity contribution in [2.24, 2.45) is 0 Å². The van der Waals surface area contributed by atoms with Crippen LogP contribution in [0.25, 0.3) is 10.9 Å². The number of para-hydroxylation sites is 1. The van der Waals surface area contributed by atoms with E-state index in [2.05, 4.69) is 63.1 Å². The summed E-state index contributed by atoms with van der Waals surface area (Å²) in [7, 11) is 0. The molecular weight excluding hydrogens is 300 g/mol. The monoisotopic (exact) mass is 314 g/mol. The van der Waals surface area contributed by atoms with E-state index in [0.717, 1.165) is 23.1 Å². The number of nitrogen functional groups attached to an aromatic ring is 1. The fourth-order valence-corrected chi connectivity index (χ4v) is 2.90. The van der Waals surface area contributed by atoms with E-state index in [1.54, 1.807) is 0 Å². The lowest BCUT2D eigenvalue weighted by Crippen LogP contribution is -1.99. The lowest BCUT2D eigenvalue weighted by molar-refractivity contribution is 0.722. The molecule has 0 saturated carbocycles. The highest BCUT2D eigenvalue weighted by Gasteiger charge is 2.05. The molecule has 1 heterocycles. The van der Waals surface area contributed by atoms with E-state index in [1.165, 1.54) is 16.5 Å². The van der Waals surface area contributed by atoms with Crippen LogP contribution in [-0.4, -0.2) is 4.57 Å². The van der Waals surface area contributed by atoms with Gasteiger partial charge in [0, 0.05) is 33.8 Å². The van der Waals surface area contributed by atoms with Crippen LogP contribution in [0.15, 0.2) is 59.2 Å². The maximum Gasteiger partial charge on any atom is 0.0492 e. The molecule has 0 spiro atoms. The second-order valence-electron chi connectivity index (χ2n) is 4.68. The van der Waals surface area contributed by atoms with E-state index >= 15 is 0 Å². The third kappa shape index (κ3) is 2.51. The average Bonchev–Trinajstić information content (AvgIpc) is 2.76. The highest BCUT2D eigenvalue weighted by Crippen LogP contribution is 2.26. The Balaban J connectivity index is 1.84. The first-order valence-electron chi connectivity index (χ1n) is 6.32. The summed E-state index contributed by atoms with van der Waals surface area (Å²) in [5.74, 6) is 0. The molecule has 0 unspecified atom stereocenters. The molecule has 0 aliphatic carbocycles. The van der Waals surface area contributed by atoms with Crippen molar-refractivity contribution in [2.45, 2.75) is 13.0 Å². The minimum Gasteiger partial charge on any atom is -0.399 e. The van der Waals surface area contributed by atoms with Crippen LogP contribution in [0.2, 0.25) is 0 Å². The van der Waals surface area contributed by atoms with Crippen LogP contribution in [0.4, 0.5) is 5.69 Å². The van der Waals surface area contributed by atoms with Gasteiger partial charge in [-0.25, -0.2) is 0 Å². The molecule has 1 aromatic heterocycles. The zero-order chi connectivity index (χ0) is 13.2. The molecule has 96 valence electrons. The number of aryl methyl sites for hydroxylation is 2. The van der Waals surface area contributed by atoms with E-state index < -0.39 is 0 Å². The van der Waals surface area contributed by atoms with Crippen LogP contribution in [0.1, 0.15) is 5.56 Å². The van der Waals surface area contributed by atoms with Crippen LogP contribution in [0.5, 0.6) is 0 Å². The van der Waals surface area contributed by atoms with E-state index in [4.69, 9.17) is 5.73 Å². The summed E-state index contributed by atoms with van der Waals surface area (Å²) in [6.07, 6.45) is 3.16. The van der Waals surface area contributed by atoms with E-state index in [1.807, 2.05) is 12.1 Å². The molecule has 0 aliphatic rings. The number of hydrogen-bond acceptors (Lipinski definition) is 1. The maximum atomic E-state index is 5.70. The zero-order valence-electron chi connectivity index (χ0n) is 10.5. The summed E-state index contributed by atoms with van der Waals surface area (Å²) in [6.45, 7) is 0.968. The first-order chi connectivity index (χ1) is 9.24. The van der Waals surface area contributed by atoms with Gasteiger partial charge in [-0.15, -0.1) is 0 Å². The Kier molecular flexibility index (Phi) is 3.30. The van der Waals surface area contributed by atoms with Gasteiger partial charge in [0.05, 0.1) is 0 Å². The van der Waals surface area contributed by atoms with Crippen molar-refractivity contribution in [1.29, 1.82) is 0 Å². The lowest BCUT2D eigenvalue weighted by atomic mass is 10.1. The van der Waals surface area contributed by atoms with Crippen molar-refractivity contribution in [3.8, 4) is 0 Å². The van der Waals surface area contributed by atoms with Crippen LogP contribution in [-0.2, 0) is 13.0 Å². The highest BCUT2D eigenvalue weighted by atomic mass is 79.9. The molecule has 3 aromatic rings. The molecule has 0 amide bonds. The van der Waals surface area contributed by atoms with E-state index in [-0.39, 0.29) is 0 Å². The van der Waals surface area contributed by atoms with E-state index in [9.17, 15) is 0 Å². The second kappa shape index (κ2) is 5.10. The summed E-state index contributed by atoms with van der Waals surface area (Å²) in [5, 5.41) is 1.26. The molecule has 3 rings (SSSR count). The summed E-state index contributed by atoms with van der Waals surface area (Å²) in [6, 6.07) is 16.5. The number of nitrogens with two attached hydrogens (primary N) is 1. The normalized spacial score (nSPS) is 11.0. The zero-order valence-corrected chi connectivity index (χ0v) is 12.1. The standard InChI is InChI=1S/C16H15BrN2/c17-15-11-19(16-4-2-1-3-14(15)16)10-9-12-5-7-13(18)8-6-12/h1-8,11H,9-10,18H2. The van der Waals surface area contributed by atoms with Crippen molar-refractivity contribution < 1.29 is 0 Å². The number of hydrogen-bond donors (Lipinski definition) is 1. The van der Waals surface area contributed by atoms with E-state index in [0.29, 0.717) is 0 Å². The molecule has 0 aliphatic heterocycles. The Morgan fingerprint density at radius 3 is 2.53 bits per heavy atom. The molecule has 19 heavy (non-hydrogen) atoms. The first-order valence-corrected chi connectivity index (χ1v) is 7.11. The van der Waals surface area contributed by atoms with Gasteiger partial charge >= 0.3 is 0 Å². The van der Waals surface area contributed by atoms with Gasteiger partial charge in [-0.2, -0.15) is 0 Å². The number of fused-ring (bicyclic) bond motifs is 1. The Morgan fingerprint density at radius 2 is 1.74 bits per heavy atom. The molecule has 0 fully saturated rings. The molecular formula is C16H15BrN2. The predicted octanol–water partition coefficient (Wildman–Crippen LogP) is 4.23. The molecule has 0 atom stereocenters. The molecule has 0 radical (unpaired) electrons.